The molecule has 2 aromatic rings. The monoisotopic (exact) mass is 258 g/mol. The van der Waals surface area contributed by atoms with Crippen molar-refractivity contribution in [3.8, 4) is 0 Å². The average molecular weight is 258 g/mol. The minimum absolute atomic E-state index is 0.654. The summed E-state index contributed by atoms with van der Waals surface area (Å²) in [5.74, 6) is 0.720. The Balaban J connectivity index is 1.83. The van der Waals surface area contributed by atoms with Crippen LogP contribution < -0.4 is 5.32 Å². The van der Waals surface area contributed by atoms with E-state index in [1.165, 1.54) is 23.7 Å². The van der Waals surface area contributed by atoms with Crippen LogP contribution in [-0.4, -0.2) is 17.2 Å². The number of nitrogens with zero attached hydrogens (tertiary/aromatic N) is 1. The molecule has 2 heteroatoms. The van der Waals surface area contributed by atoms with Gasteiger partial charge in [-0.3, -0.25) is 0 Å². The predicted molar refractivity (Wildman–Crippen MR) is 83.5 cm³/mol. The van der Waals surface area contributed by atoms with E-state index >= 15 is 0 Å². The maximum Gasteiger partial charge on any atom is 0.0480 e. The fourth-order valence-electron chi connectivity index (χ4n) is 2.72. The van der Waals surface area contributed by atoms with Crippen LogP contribution >= 0.6 is 0 Å². The number of hydrogen-bond donors (Lipinski definition) is 1. The number of hydrogen-bond acceptors (Lipinski definition) is 1. The Labute approximate surface area is 116 Å². The molecule has 1 unspecified atom stereocenters. The Hall–Kier alpha value is -1.28. The normalized spacial score (nSPS) is 13.3. The topological polar surface area (TPSA) is 17.0 Å². The second-order valence-electron chi connectivity index (χ2n) is 5.63. The molecule has 0 aliphatic heterocycles. The van der Waals surface area contributed by atoms with Crippen LogP contribution in [0.3, 0.4) is 0 Å². The standard InChI is InChI=1S/C17H26N2/c1-4-16(14(2)3)18-11-7-12-19-13-10-15-8-5-6-9-17(15)19/h5-6,8-10,13-14,16,18H,4,7,11-12H2,1-3H3. The third-order valence-electron chi connectivity index (χ3n) is 3.91. The molecule has 0 amide bonds. The smallest absolute Gasteiger partial charge is 0.0480 e. The summed E-state index contributed by atoms with van der Waals surface area (Å²) >= 11 is 0. The summed E-state index contributed by atoms with van der Waals surface area (Å²) in [6, 6.07) is 11.4. The summed E-state index contributed by atoms with van der Waals surface area (Å²) in [5, 5.41) is 5.00. The van der Waals surface area contributed by atoms with Crippen molar-refractivity contribution in [1.82, 2.24) is 9.88 Å². The van der Waals surface area contributed by atoms with Gasteiger partial charge < -0.3 is 9.88 Å². The highest BCUT2D eigenvalue weighted by atomic mass is 15.0. The van der Waals surface area contributed by atoms with Crippen molar-refractivity contribution in [2.24, 2.45) is 5.92 Å². The zero-order valence-electron chi connectivity index (χ0n) is 12.4. The molecule has 0 saturated carbocycles. The molecule has 1 atom stereocenters. The Kier molecular flexibility index (Phi) is 5.03. The third-order valence-corrected chi connectivity index (χ3v) is 3.91. The van der Waals surface area contributed by atoms with Crippen molar-refractivity contribution in [3.63, 3.8) is 0 Å². The summed E-state index contributed by atoms with van der Waals surface area (Å²) in [6.07, 6.45) is 4.59. The zero-order chi connectivity index (χ0) is 13.7. The van der Waals surface area contributed by atoms with Gasteiger partial charge in [0, 0.05) is 24.3 Å². The van der Waals surface area contributed by atoms with E-state index in [-0.39, 0.29) is 0 Å². The Bertz CT molecular complexity index is 499. The second kappa shape index (κ2) is 6.76. The lowest BCUT2D eigenvalue weighted by molar-refractivity contribution is 0.383. The van der Waals surface area contributed by atoms with Crippen molar-refractivity contribution >= 4 is 10.9 Å². The van der Waals surface area contributed by atoms with Gasteiger partial charge in [0.25, 0.3) is 0 Å². The van der Waals surface area contributed by atoms with Gasteiger partial charge in [-0.1, -0.05) is 39.0 Å². The molecule has 1 aromatic heterocycles. The van der Waals surface area contributed by atoms with Gasteiger partial charge in [-0.15, -0.1) is 0 Å². The lowest BCUT2D eigenvalue weighted by Gasteiger charge is -2.20. The van der Waals surface area contributed by atoms with Crippen molar-refractivity contribution < 1.29 is 0 Å². The SMILES string of the molecule is CCC(NCCCn1ccc2ccccc21)C(C)C. The van der Waals surface area contributed by atoms with Gasteiger partial charge >= 0.3 is 0 Å². The molecule has 0 fully saturated rings. The van der Waals surface area contributed by atoms with E-state index in [1.807, 2.05) is 0 Å². The van der Waals surface area contributed by atoms with Crippen LogP contribution in [-0.2, 0) is 6.54 Å². The maximum absolute atomic E-state index is 3.67. The summed E-state index contributed by atoms with van der Waals surface area (Å²) in [4.78, 5) is 0. The van der Waals surface area contributed by atoms with Gasteiger partial charge in [0.1, 0.15) is 0 Å². The van der Waals surface area contributed by atoms with E-state index in [0.717, 1.165) is 19.0 Å². The molecule has 0 aliphatic rings. The molecular weight excluding hydrogens is 232 g/mol. The molecule has 0 bridgehead atoms. The van der Waals surface area contributed by atoms with Gasteiger partial charge in [0.05, 0.1) is 0 Å². The molecule has 0 saturated heterocycles. The van der Waals surface area contributed by atoms with E-state index in [1.54, 1.807) is 0 Å². The highest BCUT2D eigenvalue weighted by Crippen LogP contribution is 2.15. The fourth-order valence-corrected chi connectivity index (χ4v) is 2.72. The number of rotatable bonds is 7. The van der Waals surface area contributed by atoms with Crippen LogP contribution in [0.4, 0.5) is 0 Å². The molecule has 0 aliphatic carbocycles. The quantitative estimate of drug-likeness (QED) is 0.741. The maximum atomic E-state index is 3.67. The first-order chi connectivity index (χ1) is 9.22. The van der Waals surface area contributed by atoms with Crippen molar-refractivity contribution in [2.45, 2.75) is 46.2 Å². The van der Waals surface area contributed by atoms with E-state index in [0.29, 0.717) is 6.04 Å². The Morgan fingerprint density at radius 1 is 1.16 bits per heavy atom. The minimum Gasteiger partial charge on any atom is -0.347 e. The second-order valence-corrected chi connectivity index (χ2v) is 5.63. The number of nitrogens with one attached hydrogen (secondary N) is 1. The fraction of sp³-hybridized carbons (Fsp3) is 0.529. The minimum atomic E-state index is 0.654. The third kappa shape index (κ3) is 3.60. The number of para-hydroxylation sites is 1. The van der Waals surface area contributed by atoms with E-state index in [2.05, 4.69) is 67.2 Å². The van der Waals surface area contributed by atoms with E-state index < -0.39 is 0 Å². The zero-order valence-corrected chi connectivity index (χ0v) is 12.4. The first-order valence-corrected chi connectivity index (χ1v) is 7.49. The van der Waals surface area contributed by atoms with E-state index in [9.17, 15) is 0 Å². The lowest BCUT2D eigenvalue weighted by atomic mass is 10.0. The highest BCUT2D eigenvalue weighted by Gasteiger charge is 2.09. The largest absolute Gasteiger partial charge is 0.347 e. The number of benzene rings is 1. The van der Waals surface area contributed by atoms with E-state index in [4.69, 9.17) is 0 Å². The van der Waals surface area contributed by atoms with Crippen molar-refractivity contribution in [2.75, 3.05) is 6.54 Å². The van der Waals surface area contributed by atoms with Crippen molar-refractivity contribution in [1.29, 1.82) is 0 Å². The summed E-state index contributed by atoms with van der Waals surface area (Å²) in [6.45, 7) is 9.04. The predicted octanol–water partition coefficient (Wildman–Crippen LogP) is 4.06. The van der Waals surface area contributed by atoms with Gasteiger partial charge in [0.15, 0.2) is 0 Å². The van der Waals surface area contributed by atoms with Gasteiger partial charge in [-0.25, -0.2) is 0 Å². The highest BCUT2D eigenvalue weighted by molar-refractivity contribution is 5.79. The van der Waals surface area contributed by atoms with Gasteiger partial charge in [-0.2, -0.15) is 0 Å². The van der Waals surface area contributed by atoms with Crippen LogP contribution in [0.2, 0.25) is 0 Å². The Morgan fingerprint density at radius 2 is 1.95 bits per heavy atom. The first kappa shape index (κ1) is 14.1. The van der Waals surface area contributed by atoms with Crippen molar-refractivity contribution in [3.05, 3.63) is 36.5 Å². The molecule has 104 valence electrons. The molecular formula is C17H26N2. The van der Waals surface area contributed by atoms with Gasteiger partial charge in [-0.05, 0) is 42.8 Å². The lowest BCUT2D eigenvalue weighted by Crippen LogP contribution is -2.34. The van der Waals surface area contributed by atoms with Gasteiger partial charge in [0.2, 0.25) is 0 Å². The van der Waals surface area contributed by atoms with Crippen LogP contribution in [0.1, 0.15) is 33.6 Å². The molecule has 1 heterocycles. The molecule has 2 rings (SSSR count). The number of fused-ring (bicyclic) bond motifs is 1. The molecule has 2 nitrogen and oxygen atoms in total. The number of aryl methyl sites for hydroxylation is 1. The summed E-state index contributed by atoms with van der Waals surface area (Å²) in [5.41, 5.74) is 1.35. The first-order valence-electron chi connectivity index (χ1n) is 7.49. The molecule has 1 aromatic carbocycles. The van der Waals surface area contributed by atoms with Crippen LogP contribution in [0.25, 0.3) is 10.9 Å². The molecule has 1 N–H and O–H groups in total. The Morgan fingerprint density at radius 3 is 2.68 bits per heavy atom. The summed E-state index contributed by atoms with van der Waals surface area (Å²) < 4.78 is 2.35. The summed E-state index contributed by atoms with van der Waals surface area (Å²) in [7, 11) is 0. The van der Waals surface area contributed by atoms with Crippen LogP contribution in [0.15, 0.2) is 36.5 Å². The molecule has 0 spiro atoms. The molecule has 0 radical (unpaired) electrons. The average Bonchev–Trinajstić information content (AvgIpc) is 2.82. The number of aromatic nitrogens is 1. The molecule has 19 heavy (non-hydrogen) atoms. The van der Waals surface area contributed by atoms with Crippen LogP contribution in [0.5, 0.6) is 0 Å². The van der Waals surface area contributed by atoms with Crippen LogP contribution in [0, 0.1) is 5.92 Å².